The van der Waals surface area contributed by atoms with Crippen molar-refractivity contribution in [3.63, 3.8) is 0 Å². The quantitative estimate of drug-likeness (QED) is 0.381. The molecule has 3 heterocycles. The molecule has 0 aliphatic rings. The number of hydrogen-bond donors (Lipinski definition) is 0. The minimum absolute atomic E-state index is 0.128. The highest BCUT2D eigenvalue weighted by atomic mass is 35.5. The third-order valence-electron chi connectivity index (χ3n) is 4.04. The molecule has 0 N–H and O–H groups in total. The Hall–Kier alpha value is -2.62. The van der Waals surface area contributed by atoms with E-state index < -0.39 is 0 Å². The van der Waals surface area contributed by atoms with Gasteiger partial charge in [-0.25, -0.2) is 4.98 Å². The summed E-state index contributed by atoms with van der Waals surface area (Å²) in [5, 5.41) is 12.3. The molecule has 10 heteroatoms. The van der Waals surface area contributed by atoms with Crippen molar-refractivity contribution in [3.05, 3.63) is 58.8 Å². The summed E-state index contributed by atoms with van der Waals surface area (Å²) in [6.07, 6.45) is 1.61. The topological polar surface area (TPSA) is 77.1 Å². The second-order valence-electron chi connectivity index (χ2n) is 6.09. The monoisotopic (exact) mass is 445 g/mol. The molecule has 0 aliphatic carbocycles. The number of thioether (sulfide) groups is 1. The maximum atomic E-state index is 12.2. The molecule has 4 aromatic rings. The second-order valence-corrected chi connectivity index (χ2v) is 8.30. The smallest absolute Gasteiger partial charge is 0.230 e. The van der Waals surface area contributed by atoms with Crippen molar-refractivity contribution in [1.82, 2.24) is 19.7 Å². The summed E-state index contributed by atoms with van der Waals surface area (Å²) < 4.78 is 7.27. The predicted octanol–water partition coefficient (Wildman–Crippen LogP) is 5.16. The fourth-order valence-electron chi connectivity index (χ4n) is 2.71. The van der Waals surface area contributed by atoms with Crippen molar-refractivity contribution in [2.45, 2.75) is 17.8 Å². The normalized spacial score (nSPS) is 11.0. The minimum atomic E-state index is -0.128. The van der Waals surface area contributed by atoms with E-state index in [0.29, 0.717) is 33.2 Å². The van der Waals surface area contributed by atoms with E-state index in [4.69, 9.17) is 16.0 Å². The van der Waals surface area contributed by atoms with Crippen molar-refractivity contribution in [2.75, 3.05) is 4.90 Å². The lowest BCUT2D eigenvalue weighted by Gasteiger charge is -2.18. The first-order chi connectivity index (χ1) is 14.0. The Kier molecular flexibility index (Phi) is 5.70. The van der Waals surface area contributed by atoms with Crippen LogP contribution in [0.5, 0.6) is 0 Å². The van der Waals surface area contributed by atoms with Gasteiger partial charge in [0.25, 0.3) is 0 Å². The van der Waals surface area contributed by atoms with Crippen LogP contribution in [-0.2, 0) is 17.6 Å². The molecule has 0 aliphatic heterocycles. The number of anilines is 2. The highest BCUT2D eigenvalue weighted by molar-refractivity contribution is 7.98. The van der Waals surface area contributed by atoms with Gasteiger partial charge >= 0.3 is 0 Å². The van der Waals surface area contributed by atoms with Crippen LogP contribution in [0.2, 0.25) is 5.02 Å². The molecule has 7 nitrogen and oxygen atoms in total. The van der Waals surface area contributed by atoms with Gasteiger partial charge in [0, 0.05) is 30.1 Å². The summed E-state index contributed by atoms with van der Waals surface area (Å²) in [5.74, 6) is 1.81. The molecule has 3 aromatic heterocycles. The minimum Gasteiger partial charge on any atom is -0.461 e. The van der Waals surface area contributed by atoms with Crippen LogP contribution in [0.3, 0.4) is 0 Å². The number of benzene rings is 1. The number of aromatic nitrogens is 4. The summed E-state index contributed by atoms with van der Waals surface area (Å²) in [6, 6.07) is 10.8. The zero-order valence-electron chi connectivity index (χ0n) is 15.6. The molecular formula is C19H16ClN5O2S2. The van der Waals surface area contributed by atoms with Crippen molar-refractivity contribution >= 4 is 51.4 Å². The van der Waals surface area contributed by atoms with E-state index in [-0.39, 0.29) is 5.91 Å². The number of amides is 1. The summed E-state index contributed by atoms with van der Waals surface area (Å²) >= 11 is 9.00. The van der Waals surface area contributed by atoms with Crippen molar-refractivity contribution < 1.29 is 9.21 Å². The Morgan fingerprint density at radius 1 is 1.31 bits per heavy atom. The fraction of sp³-hybridized carbons (Fsp3) is 0.158. The fourth-order valence-corrected chi connectivity index (χ4v) is 4.69. The van der Waals surface area contributed by atoms with Gasteiger partial charge in [0.1, 0.15) is 0 Å². The van der Waals surface area contributed by atoms with Crippen LogP contribution in [0, 0.1) is 0 Å². The molecule has 1 amide bonds. The molecule has 0 saturated heterocycles. The van der Waals surface area contributed by atoms with Crippen LogP contribution in [0.15, 0.2) is 57.6 Å². The van der Waals surface area contributed by atoms with E-state index in [0.717, 1.165) is 10.9 Å². The number of thiazole rings is 1. The maximum Gasteiger partial charge on any atom is 0.230 e. The molecule has 0 bridgehead atoms. The highest BCUT2D eigenvalue weighted by Crippen LogP contribution is 2.32. The van der Waals surface area contributed by atoms with E-state index >= 15 is 0 Å². The third kappa shape index (κ3) is 4.21. The summed E-state index contributed by atoms with van der Waals surface area (Å²) in [6.45, 7) is 1.51. The largest absolute Gasteiger partial charge is 0.461 e. The first-order valence-electron chi connectivity index (χ1n) is 8.59. The van der Waals surface area contributed by atoms with Gasteiger partial charge in [0.05, 0.1) is 17.6 Å². The number of carbonyl (C=O) groups excluding carboxylic acids is 1. The summed E-state index contributed by atoms with van der Waals surface area (Å²) in [4.78, 5) is 18.4. The second kappa shape index (κ2) is 8.40. The number of furan rings is 1. The molecule has 1 aromatic carbocycles. The van der Waals surface area contributed by atoms with Gasteiger partial charge in [0.15, 0.2) is 21.9 Å². The van der Waals surface area contributed by atoms with Crippen LogP contribution < -0.4 is 4.90 Å². The number of rotatable bonds is 6. The SMILES string of the molecule is CC(=O)N(c1cccc(Cl)c1)c1nc(CSc2nnc(-c3ccco3)n2C)cs1. The molecule has 0 spiro atoms. The molecule has 0 saturated carbocycles. The molecule has 0 unspecified atom stereocenters. The highest BCUT2D eigenvalue weighted by Gasteiger charge is 2.19. The zero-order chi connectivity index (χ0) is 20.4. The Bertz CT molecular complexity index is 1140. The molecule has 0 radical (unpaired) electrons. The van der Waals surface area contributed by atoms with Gasteiger partial charge in [-0.3, -0.25) is 9.69 Å². The van der Waals surface area contributed by atoms with Gasteiger partial charge in [-0.2, -0.15) is 0 Å². The average molecular weight is 446 g/mol. The first kappa shape index (κ1) is 19.7. The first-order valence-corrected chi connectivity index (χ1v) is 10.8. The van der Waals surface area contributed by atoms with E-state index in [1.807, 2.05) is 41.3 Å². The van der Waals surface area contributed by atoms with Crippen LogP contribution in [0.25, 0.3) is 11.6 Å². The van der Waals surface area contributed by atoms with Crippen LogP contribution >= 0.6 is 34.7 Å². The molecule has 29 heavy (non-hydrogen) atoms. The van der Waals surface area contributed by atoms with Gasteiger partial charge < -0.3 is 8.98 Å². The Morgan fingerprint density at radius 3 is 2.90 bits per heavy atom. The molecular weight excluding hydrogens is 430 g/mol. The zero-order valence-corrected chi connectivity index (χ0v) is 18.0. The van der Waals surface area contributed by atoms with E-state index in [1.54, 1.807) is 23.3 Å². The van der Waals surface area contributed by atoms with Gasteiger partial charge in [-0.1, -0.05) is 29.4 Å². The lowest BCUT2D eigenvalue weighted by molar-refractivity contribution is -0.115. The summed E-state index contributed by atoms with van der Waals surface area (Å²) in [5.41, 5.74) is 1.54. The van der Waals surface area contributed by atoms with Crippen LogP contribution in [-0.4, -0.2) is 25.7 Å². The Morgan fingerprint density at radius 2 is 2.17 bits per heavy atom. The van der Waals surface area contributed by atoms with E-state index in [9.17, 15) is 4.79 Å². The molecule has 148 valence electrons. The van der Waals surface area contributed by atoms with Gasteiger partial charge in [-0.05, 0) is 30.3 Å². The Labute approximate surface area is 180 Å². The number of carbonyl (C=O) groups is 1. The predicted molar refractivity (Wildman–Crippen MR) is 115 cm³/mol. The number of halogens is 1. The third-order valence-corrected chi connectivity index (χ3v) is 6.20. The van der Waals surface area contributed by atoms with E-state index in [2.05, 4.69) is 15.2 Å². The van der Waals surface area contributed by atoms with Gasteiger partial charge in [-0.15, -0.1) is 21.5 Å². The molecule has 0 fully saturated rings. The average Bonchev–Trinajstić information content (AvgIpc) is 3.42. The van der Waals surface area contributed by atoms with Crippen LogP contribution in [0.1, 0.15) is 12.6 Å². The number of nitrogens with zero attached hydrogens (tertiary/aromatic N) is 5. The lowest BCUT2D eigenvalue weighted by Crippen LogP contribution is -2.22. The standard InChI is InChI=1S/C19H16ClN5O2S2/c1-12(26)25(15-6-3-5-13(20)9-15)18-21-14(10-28-18)11-29-19-23-22-17(24(19)2)16-7-4-8-27-16/h3-10H,11H2,1-2H3. The summed E-state index contributed by atoms with van der Waals surface area (Å²) in [7, 11) is 1.89. The number of hydrogen-bond acceptors (Lipinski definition) is 7. The maximum absolute atomic E-state index is 12.2. The van der Waals surface area contributed by atoms with Crippen molar-refractivity contribution in [3.8, 4) is 11.6 Å². The lowest BCUT2D eigenvalue weighted by atomic mass is 10.3. The van der Waals surface area contributed by atoms with Crippen LogP contribution in [0.4, 0.5) is 10.8 Å². The van der Waals surface area contributed by atoms with Crippen molar-refractivity contribution in [2.24, 2.45) is 7.05 Å². The van der Waals surface area contributed by atoms with Gasteiger partial charge in [0.2, 0.25) is 5.91 Å². The Balaban J connectivity index is 1.50. The van der Waals surface area contributed by atoms with Crippen molar-refractivity contribution in [1.29, 1.82) is 0 Å². The molecule has 4 rings (SSSR count). The molecule has 0 atom stereocenters. The van der Waals surface area contributed by atoms with E-state index in [1.165, 1.54) is 30.0 Å².